The summed E-state index contributed by atoms with van der Waals surface area (Å²) in [5.74, 6) is 0.601. The van der Waals surface area contributed by atoms with Crippen molar-refractivity contribution < 1.29 is 9.21 Å². The average Bonchev–Trinajstić information content (AvgIpc) is 3.61. The van der Waals surface area contributed by atoms with Crippen molar-refractivity contribution in [3.63, 3.8) is 0 Å². The molecule has 11 heteroatoms. The van der Waals surface area contributed by atoms with E-state index in [2.05, 4.69) is 35.8 Å². The van der Waals surface area contributed by atoms with Gasteiger partial charge in [0.25, 0.3) is 5.89 Å². The number of carbonyl (C=O) groups is 1. The molecule has 2 N–H and O–H groups in total. The molecular formula is C24H23N9O2. The van der Waals surface area contributed by atoms with Crippen molar-refractivity contribution in [3.8, 4) is 11.4 Å². The number of amides is 1. The van der Waals surface area contributed by atoms with Crippen molar-refractivity contribution in [3.05, 3.63) is 90.0 Å². The molecular weight excluding hydrogens is 446 g/mol. The van der Waals surface area contributed by atoms with E-state index in [1.54, 1.807) is 28.0 Å². The third-order valence-corrected chi connectivity index (χ3v) is 5.44. The van der Waals surface area contributed by atoms with Crippen molar-refractivity contribution >= 4 is 17.7 Å². The Bertz CT molecular complexity index is 1470. The van der Waals surface area contributed by atoms with Crippen LogP contribution in [0.2, 0.25) is 0 Å². The van der Waals surface area contributed by atoms with Crippen molar-refractivity contribution in [1.29, 1.82) is 0 Å². The molecule has 0 spiro atoms. The SMILES string of the molecule is Cc1cnc(Nc2ccnn2C)nc1-c1coc(C(=O)NC(c2ccccc2)c2cnn(C)c2)n1. The fourth-order valence-corrected chi connectivity index (χ4v) is 3.65. The number of carbonyl (C=O) groups excluding carboxylic acids is 1. The zero-order valence-corrected chi connectivity index (χ0v) is 19.4. The summed E-state index contributed by atoms with van der Waals surface area (Å²) in [5.41, 5.74) is 3.54. The van der Waals surface area contributed by atoms with Gasteiger partial charge in [-0.1, -0.05) is 30.3 Å². The van der Waals surface area contributed by atoms with E-state index in [9.17, 15) is 4.79 Å². The number of hydrogen-bond acceptors (Lipinski definition) is 8. The first-order valence-corrected chi connectivity index (χ1v) is 10.9. The van der Waals surface area contributed by atoms with Gasteiger partial charge >= 0.3 is 5.91 Å². The van der Waals surface area contributed by atoms with Crippen LogP contribution in [0.1, 0.15) is 33.4 Å². The van der Waals surface area contributed by atoms with Gasteiger partial charge in [0.15, 0.2) is 0 Å². The summed E-state index contributed by atoms with van der Waals surface area (Å²) in [4.78, 5) is 26.4. The molecule has 1 atom stereocenters. The number of aryl methyl sites for hydroxylation is 3. The molecule has 0 aliphatic carbocycles. The van der Waals surface area contributed by atoms with Crippen molar-refractivity contribution in [2.75, 3.05) is 5.32 Å². The van der Waals surface area contributed by atoms with Crippen LogP contribution >= 0.6 is 0 Å². The van der Waals surface area contributed by atoms with E-state index in [1.807, 2.05) is 63.6 Å². The average molecular weight is 470 g/mol. The molecule has 0 fully saturated rings. The molecule has 0 aliphatic heterocycles. The van der Waals surface area contributed by atoms with Crippen LogP contribution in [0.15, 0.2) is 71.9 Å². The van der Waals surface area contributed by atoms with Crippen LogP contribution in [-0.4, -0.2) is 40.4 Å². The van der Waals surface area contributed by atoms with Crippen molar-refractivity contribution in [2.45, 2.75) is 13.0 Å². The summed E-state index contributed by atoms with van der Waals surface area (Å²) in [6.45, 7) is 1.87. The van der Waals surface area contributed by atoms with Crippen molar-refractivity contribution in [1.82, 2.24) is 39.8 Å². The molecule has 1 aromatic carbocycles. The summed E-state index contributed by atoms with van der Waals surface area (Å²) < 4.78 is 8.90. The largest absolute Gasteiger partial charge is 0.440 e. The quantitative estimate of drug-likeness (QED) is 0.372. The minimum Gasteiger partial charge on any atom is -0.440 e. The first-order valence-electron chi connectivity index (χ1n) is 10.9. The number of benzene rings is 1. The Morgan fingerprint density at radius 3 is 2.57 bits per heavy atom. The minimum absolute atomic E-state index is 0.0658. The Morgan fingerprint density at radius 2 is 1.86 bits per heavy atom. The molecule has 11 nitrogen and oxygen atoms in total. The Labute approximate surface area is 200 Å². The predicted octanol–water partition coefficient (Wildman–Crippen LogP) is 3.17. The Balaban J connectivity index is 1.39. The zero-order valence-electron chi connectivity index (χ0n) is 19.4. The van der Waals surface area contributed by atoms with Crippen LogP contribution in [-0.2, 0) is 14.1 Å². The van der Waals surface area contributed by atoms with Crippen LogP contribution in [0.4, 0.5) is 11.8 Å². The third-order valence-electron chi connectivity index (χ3n) is 5.44. The van der Waals surface area contributed by atoms with E-state index in [1.165, 1.54) is 6.26 Å². The number of oxazole rings is 1. The number of aromatic nitrogens is 7. The van der Waals surface area contributed by atoms with Crippen LogP contribution in [0.25, 0.3) is 11.4 Å². The lowest BCUT2D eigenvalue weighted by Crippen LogP contribution is -2.29. The smallest absolute Gasteiger partial charge is 0.307 e. The van der Waals surface area contributed by atoms with Crippen molar-refractivity contribution in [2.24, 2.45) is 14.1 Å². The molecule has 1 unspecified atom stereocenters. The standard InChI is InChI=1S/C24H23N9O2/c1-15-11-25-24(29-19-9-10-26-33(19)3)31-20(15)18-14-35-23(28-18)22(34)30-21(16-7-5-4-6-8-16)17-12-27-32(2)13-17/h4-14,21H,1-3H3,(H,30,34)(H,25,29,31). The lowest BCUT2D eigenvalue weighted by molar-refractivity contribution is 0.0908. The van der Waals surface area contributed by atoms with E-state index >= 15 is 0 Å². The van der Waals surface area contributed by atoms with Gasteiger partial charge in [0.1, 0.15) is 23.5 Å². The first kappa shape index (κ1) is 22.0. The van der Waals surface area contributed by atoms with Gasteiger partial charge in [-0.25, -0.2) is 15.0 Å². The molecule has 0 saturated carbocycles. The van der Waals surface area contributed by atoms with Crippen LogP contribution < -0.4 is 10.6 Å². The summed E-state index contributed by atoms with van der Waals surface area (Å²) >= 11 is 0. The molecule has 176 valence electrons. The molecule has 1 amide bonds. The van der Waals surface area contributed by atoms with Crippen LogP contribution in [0.5, 0.6) is 0 Å². The zero-order chi connectivity index (χ0) is 24.4. The van der Waals surface area contributed by atoms with Gasteiger partial charge < -0.3 is 15.1 Å². The van der Waals surface area contributed by atoms with Crippen LogP contribution in [0, 0.1) is 6.92 Å². The van der Waals surface area contributed by atoms with E-state index in [0.29, 0.717) is 17.3 Å². The minimum atomic E-state index is -0.450. The highest BCUT2D eigenvalue weighted by molar-refractivity contribution is 5.90. The molecule has 0 aliphatic rings. The van der Waals surface area contributed by atoms with Gasteiger partial charge in [0, 0.05) is 38.1 Å². The summed E-state index contributed by atoms with van der Waals surface area (Å²) in [6.07, 6.45) is 8.36. The highest BCUT2D eigenvalue weighted by atomic mass is 16.4. The topological polar surface area (TPSA) is 129 Å². The maximum Gasteiger partial charge on any atom is 0.307 e. The van der Waals surface area contributed by atoms with E-state index in [-0.39, 0.29) is 5.89 Å². The Morgan fingerprint density at radius 1 is 1.03 bits per heavy atom. The van der Waals surface area contributed by atoms with Gasteiger partial charge in [-0.15, -0.1) is 0 Å². The number of hydrogen-bond donors (Lipinski definition) is 2. The highest BCUT2D eigenvalue weighted by Crippen LogP contribution is 2.25. The Hall–Kier alpha value is -4.80. The second-order valence-corrected chi connectivity index (χ2v) is 7.99. The van der Waals surface area contributed by atoms with Gasteiger partial charge in [0.05, 0.1) is 18.4 Å². The second kappa shape index (κ2) is 9.21. The summed E-state index contributed by atoms with van der Waals surface area (Å²) in [5, 5.41) is 14.5. The maximum absolute atomic E-state index is 13.1. The summed E-state index contributed by atoms with van der Waals surface area (Å²) in [6, 6.07) is 11.1. The molecule has 35 heavy (non-hydrogen) atoms. The number of nitrogens with zero attached hydrogens (tertiary/aromatic N) is 7. The first-order chi connectivity index (χ1) is 17.0. The number of rotatable bonds is 7. The van der Waals surface area contributed by atoms with Gasteiger partial charge in [-0.05, 0) is 18.1 Å². The number of nitrogens with one attached hydrogen (secondary N) is 2. The molecule has 0 bridgehead atoms. The molecule has 4 heterocycles. The number of anilines is 2. The van der Waals surface area contributed by atoms with Crippen LogP contribution in [0.3, 0.4) is 0 Å². The third kappa shape index (κ3) is 4.64. The lowest BCUT2D eigenvalue weighted by Gasteiger charge is -2.17. The van der Waals surface area contributed by atoms with E-state index in [0.717, 1.165) is 22.5 Å². The fourth-order valence-electron chi connectivity index (χ4n) is 3.65. The van der Waals surface area contributed by atoms with Gasteiger partial charge in [-0.3, -0.25) is 14.2 Å². The molecule has 5 rings (SSSR count). The molecule has 5 aromatic rings. The molecule has 0 radical (unpaired) electrons. The fraction of sp³-hybridized carbons (Fsp3) is 0.167. The molecule has 4 aromatic heterocycles. The van der Waals surface area contributed by atoms with Gasteiger partial charge in [0.2, 0.25) is 5.95 Å². The molecule has 0 saturated heterocycles. The Kier molecular flexibility index (Phi) is 5.80. The maximum atomic E-state index is 13.1. The normalized spacial score (nSPS) is 11.9. The lowest BCUT2D eigenvalue weighted by atomic mass is 10.0. The monoisotopic (exact) mass is 469 g/mol. The highest BCUT2D eigenvalue weighted by Gasteiger charge is 2.23. The predicted molar refractivity (Wildman–Crippen MR) is 128 cm³/mol. The van der Waals surface area contributed by atoms with Gasteiger partial charge in [-0.2, -0.15) is 10.2 Å². The summed E-state index contributed by atoms with van der Waals surface area (Å²) in [7, 11) is 3.64. The van der Waals surface area contributed by atoms with E-state index < -0.39 is 11.9 Å². The second-order valence-electron chi connectivity index (χ2n) is 7.99. The van der Waals surface area contributed by atoms with E-state index in [4.69, 9.17) is 4.42 Å².